The molecule has 0 aromatic rings. The van der Waals surface area contributed by atoms with Gasteiger partial charge >= 0.3 is 0 Å². The van der Waals surface area contributed by atoms with Crippen LogP contribution in [0.3, 0.4) is 0 Å². The van der Waals surface area contributed by atoms with E-state index in [1.165, 1.54) is 0 Å². The molecule has 296 valence electrons. The minimum Gasteiger partial charge on any atom is -0.388 e. The smallest absolute Gasteiger partial charge is 0.256 e. The minimum absolute atomic E-state index is 0.0674. The summed E-state index contributed by atoms with van der Waals surface area (Å²) in [6.45, 7) is 3.67. The Bertz CT molecular complexity index is 1220. The van der Waals surface area contributed by atoms with E-state index in [1.807, 2.05) is 0 Å². The topological polar surface area (TPSA) is 218 Å². The van der Waals surface area contributed by atoms with Crippen LogP contribution in [0.25, 0.3) is 0 Å². The number of carbonyl (C=O) groups excluding carboxylic acids is 1. The van der Waals surface area contributed by atoms with Crippen molar-refractivity contribution in [1.29, 1.82) is 0 Å². The Labute approximate surface area is 301 Å². The van der Waals surface area contributed by atoms with E-state index in [2.05, 4.69) is 0 Å². The largest absolute Gasteiger partial charge is 0.388 e. The average molecular weight is 749 g/mol. The van der Waals surface area contributed by atoms with Crippen LogP contribution < -0.4 is 0 Å². The third-order valence-corrected chi connectivity index (χ3v) is 11.5. The highest BCUT2D eigenvalue weighted by Crippen LogP contribution is 2.47. The number of ketones is 1. The molecule has 2 aliphatic carbocycles. The Balaban J connectivity index is 0.000000113. The molecule has 0 radical (unpaired) electrons. The standard InChI is InChI=1S/C13H20O6.C13H18O6.C8H14O6/c2*14-11-10-9(18-12(19-10)3-1-2-4-12)7-17-13(11)8-15-5-6-16-13;9-5-3-14-8(7(11)6(5)10)4-12-1-2-13-8/h9-11,14H,1-8H2;9-10H,1-8H2;5-7,9-11H,1-4H2/t9-,10-,11+,13-;9-,10-,13-;5-,6-,7+,8-/m111/s1. The second-order valence-corrected chi connectivity index (χ2v) is 15.0. The van der Waals surface area contributed by atoms with Crippen molar-refractivity contribution < 1.29 is 86.8 Å². The summed E-state index contributed by atoms with van der Waals surface area (Å²) < 4.78 is 72.9. The van der Waals surface area contributed by atoms with Crippen LogP contribution in [0, 0.1) is 0 Å². The lowest BCUT2D eigenvalue weighted by Gasteiger charge is -2.46. The summed E-state index contributed by atoms with van der Waals surface area (Å²) in [6.07, 6.45) is 1.95. The second kappa shape index (κ2) is 15.2. The van der Waals surface area contributed by atoms with Crippen LogP contribution in [0.2, 0.25) is 0 Å². The van der Waals surface area contributed by atoms with E-state index in [4.69, 9.17) is 61.6 Å². The zero-order valence-electron chi connectivity index (χ0n) is 29.3. The highest BCUT2D eigenvalue weighted by atomic mass is 16.8. The van der Waals surface area contributed by atoms with Crippen molar-refractivity contribution in [3.05, 3.63) is 0 Å². The molecule has 0 unspecified atom stereocenters. The number of rotatable bonds is 0. The molecule has 0 bridgehead atoms. The molecule has 4 N–H and O–H groups in total. The molecule has 18 heteroatoms. The molecule has 11 atom stereocenters. The zero-order chi connectivity index (χ0) is 36.0. The van der Waals surface area contributed by atoms with Crippen molar-refractivity contribution in [3.63, 3.8) is 0 Å². The van der Waals surface area contributed by atoms with Crippen LogP contribution in [0.15, 0.2) is 0 Å². The van der Waals surface area contributed by atoms with Gasteiger partial charge in [-0.1, -0.05) is 0 Å². The normalized spacial score (nSPS) is 47.6. The van der Waals surface area contributed by atoms with Gasteiger partial charge < -0.3 is 82.0 Å². The molecule has 8 aliphatic heterocycles. The van der Waals surface area contributed by atoms with Crippen molar-refractivity contribution in [2.24, 2.45) is 0 Å². The maximum Gasteiger partial charge on any atom is 0.256 e. The Morgan fingerprint density at radius 3 is 1.65 bits per heavy atom. The van der Waals surface area contributed by atoms with Crippen molar-refractivity contribution in [1.82, 2.24) is 0 Å². The SMILES string of the molecule is O=C1[C@@H]2OC3(CCCC3)O[C@@H]2CO[C@]12COCCO2.O[C@@H]1[C@H](O)CO[C@]2(COCCO2)[C@H]1O.O[C@H]1[C@@H]2OC3(CCCC3)O[C@@H]2CO[C@]12COCCO2. The van der Waals surface area contributed by atoms with Gasteiger partial charge in [0, 0.05) is 25.7 Å². The summed E-state index contributed by atoms with van der Waals surface area (Å²) in [4.78, 5) is 12.6. The van der Waals surface area contributed by atoms with Gasteiger partial charge in [0.05, 0.1) is 59.5 Å². The summed E-state index contributed by atoms with van der Waals surface area (Å²) in [7, 11) is 0. The quantitative estimate of drug-likeness (QED) is 0.219. The Morgan fingerprint density at radius 2 is 1.06 bits per heavy atom. The molecule has 0 amide bonds. The van der Waals surface area contributed by atoms with E-state index < -0.39 is 59.5 Å². The highest BCUT2D eigenvalue weighted by molar-refractivity contribution is 5.91. The first-order valence-corrected chi connectivity index (χ1v) is 18.7. The average Bonchev–Trinajstić information content (AvgIpc) is 4.00. The molecule has 18 nitrogen and oxygen atoms in total. The third-order valence-electron chi connectivity index (χ3n) is 11.5. The molecular weight excluding hydrogens is 696 g/mol. The number of aliphatic hydroxyl groups excluding tert-OH is 4. The maximum atomic E-state index is 12.6. The Hall–Kier alpha value is -1.01. The van der Waals surface area contributed by atoms with Gasteiger partial charge in [0.25, 0.3) is 5.79 Å². The number of fused-ring (bicyclic) bond motifs is 2. The number of carbonyl (C=O) groups is 1. The molecule has 0 aromatic heterocycles. The molecule has 0 aromatic carbocycles. The van der Waals surface area contributed by atoms with Crippen LogP contribution >= 0.6 is 0 Å². The van der Waals surface area contributed by atoms with Gasteiger partial charge in [-0.25, -0.2) is 0 Å². The summed E-state index contributed by atoms with van der Waals surface area (Å²) in [5, 5.41) is 38.9. The van der Waals surface area contributed by atoms with Gasteiger partial charge in [-0.15, -0.1) is 0 Å². The van der Waals surface area contributed by atoms with Crippen LogP contribution in [0.1, 0.15) is 51.4 Å². The van der Waals surface area contributed by atoms with E-state index in [9.17, 15) is 25.2 Å². The summed E-state index contributed by atoms with van der Waals surface area (Å²) in [6, 6.07) is 0. The predicted octanol–water partition coefficient (Wildman–Crippen LogP) is -1.60. The minimum atomic E-state index is -1.31. The third kappa shape index (κ3) is 7.00. The molecular formula is C34H52O18. The number of hydrogen-bond donors (Lipinski definition) is 4. The molecule has 2 saturated carbocycles. The van der Waals surface area contributed by atoms with Gasteiger partial charge in [0.2, 0.25) is 17.4 Å². The fourth-order valence-corrected chi connectivity index (χ4v) is 8.66. The van der Waals surface area contributed by atoms with Gasteiger partial charge in [-0.2, -0.15) is 0 Å². The van der Waals surface area contributed by atoms with Crippen molar-refractivity contribution in [2.75, 3.05) is 79.3 Å². The molecule has 8 saturated heterocycles. The highest BCUT2D eigenvalue weighted by Gasteiger charge is 2.62. The maximum absolute atomic E-state index is 12.6. The van der Waals surface area contributed by atoms with E-state index in [0.29, 0.717) is 52.9 Å². The first-order valence-electron chi connectivity index (χ1n) is 18.7. The van der Waals surface area contributed by atoms with E-state index in [0.717, 1.165) is 51.4 Å². The molecule has 10 aliphatic rings. The van der Waals surface area contributed by atoms with E-state index >= 15 is 0 Å². The van der Waals surface area contributed by atoms with E-state index in [-0.39, 0.29) is 50.5 Å². The Kier molecular flexibility index (Phi) is 11.0. The number of aliphatic hydroxyl groups is 4. The van der Waals surface area contributed by atoms with Gasteiger partial charge in [-0.3, -0.25) is 4.79 Å². The van der Waals surface area contributed by atoms with Gasteiger partial charge in [0.15, 0.2) is 17.7 Å². The van der Waals surface area contributed by atoms with Crippen molar-refractivity contribution >= 4 is 5.78 Å². The van der Waals surface area contributed by atoms with Crippen LogP contribution in [-0.2, 0) is 66.4 Å². The van der Waals surface area contributed by atoms with Crippen LogP contribution in [0.5, 0.6) is 0 Å². The van der Waals surface area contributed by atoms with Gasteiger partial charge in [-0.05, 0) is 25.7 Å². The summed E-state index contributed by atoms with van der Waals surface area (Å²) >= 11 is 0. The molecule has 10 rings (SSSR count). The Morgan fingerprint density at radius 1 is 0.519 bits per heavy atom. The molecule has 52 heavy (non-hydrogen) atoms. The zero-order valence-corrected chi connectivity index (χ0v) is 29.3. The summed E-state index contributed by atoms with van der Waals surface area (Å²) in [5.74, 6) is -4.90. The lowest BCUT2D eigenvalue weighted by Crippen LogP contribution is -2.65. The fourth-order valence-electron chi connectivity index (χ4n) is 8.66. The van der Waals surface area contributed by atoms with E-state index in [1.54, 1.807) is 0 Å². The van der Waals surface area contributed by atoms with Crippen molar-refractivity contribution in [3.8, 4) is 0 Å². The van der Waals surface area contributed by atoms with Crippen LogP contribution in [-0.4, -0.2) is 183 Å². The van der Waals surface area contributed by atoms with Crippen molar-refractivity contribution in [2.45, 2.75) is 129 Å². The first kappa shape index (κ1) is 37.9. The first-order chi connectivity index (χ1) is 25.1. The molecule has 10 fully saturated rings. The molecule has 5 spiro atoms. The number of ether oxygens (including phenoxy) is 13. The predicted molar refractivity (Wildman–Crippen MR) is 167 cm³/mol. The second-order valence-electron chi connectivity index (χ2n) is 15.0. The number of Topliss-reactive ketones (excluding diaryl/α,β-unsaturated/α-hetero) is 1. The lowest BCUT2D eigenvalue weighted by atomic mass is 9.97. The fraction of sp³-hybridized carbons (Fsp3) is 0.971. The summed E-state index contributed by atoms with van der Waals surface area (Å²) in [5.41, 5.74) is 0. The lowest BCUT2D eigenvalue weighted by molar-refractivity contribution is -0.370. The van der Waals surface area contributed by atoms with Gasteiger partial charge in [0.1, 0.15) is 62.5 Å². The molecule has 8 heterocycles. The van der Waals surface area contributed by atoms with Crippen LogP contribution in [0.4, 0.5) is 0 Å². The number of hydrogen-bond acceptors (Lipinski definition) is 18. The monoisotopic (exact) mass is 748 g/mol.